The first kappa shape index (κ1) is 23.9. The quantitative estimate of drug-likeness (QED) is 0.379. The highest BCUT2D eigenvalue weighted by atomic mass is 32.2. The number of carbonyl (C=O) groups excluding carboxylic acids is 1. The molecule has 0 atom stereocenters. The lowest BCUT2D eigenvalue weighted by molar-refractivity contribution is -0.117. The molecule has 1 N–H and O–H groups in total. The van der Waals surface area contributed by atoms with Crippen LogP contribution >= 0.6 is 23.1 Å². The second-order valence-electron chi connectivity index (χ2n) is 7.99. The number of carbonyl (C=O) groups is 1. The maximum absolute atomic E-state index is 14.9. The molecule has 184 valence electrons. The topological polar surface area (TPSA) is 101 Å². The van der Waals surface area contributed by atoms with Crippen molar-refractivity contribution in [1.82, 2.24) is 34.6 Å². The number of hydrogen-bond donors (Lipinski definition) is 1. The third kappa shape index (κ3) is 5.37. The molecule has 35 heavy (non-hydrogen) atoms. The van der Waals surface area contributed by atoms with E-state index in [-0.39, 0.29) is 5.91 Å². The Kier molecular flexibility index (Phi) is 7.09. The van der Waals surface area contributed by atoms with E-state index < -0.39 is 5.82 Å². The number of nitrogens with zero attached hydrogens (tertiary/aromatic N) is 7. The minimum Gasteiger partial charge on any atom is -0.477 e. The van der Waals surface area contributed by atoms with Crippen LogP contribution in [0, 0.1) is 5.82 Å². The van der Waals surface area contributed by atoms with Crippen LogP contribution < -0.4 is 10.1 Å². The molecule has 0 spiro atoms. The third-order valence-corrected chi connectivity index (χ3v) is 7.57. The molecule has 0 saturated carbocycles. The van der Waals surface area contributed by atoms with Crippen molar-refractivity contribution in [3.05, 3.63) is 30.1 Å². The minimum atomic E-state index is -0.433. The van der Waals surface area contributed by atoms with Gasteiger partial charge in [-0.2, -0.15) is 4.52 Å². The lowest BCUT2D eigenvalue weighted by Gasteiger charge is -2.33. The Morgan fingerprint density at radius 3 is 2.74 bits per heavy atom. The molecule has 1 amide bonds. The van der Waals surface area contributed by atoms with Gasteiger partial charge in [-0.25, -0.2) is 9.37 Å². The summed E-state index contributed by atoms with van der Waals surface area (Å²) in [6.07, 6.45) is 0. The lowest BCUT2D eigenvalue weighted by Crippen LogP contribution is -2.48. The highest BCUT2D eigenvalue weighted by Gasteiger charge is 2.19. The summed E-state index contributed by atoms with van der Waals surface area (Å²) >= 11 is 2.43. The molecule has 13 heteroatoms. The molecule has 4 heterocycles. The number of hydrogen-bond acceptors (Lipinski definition) is 10. The predicted molar refractivity (Wildman–Crippen MR) is 133 cm³/mol. The summed E-state index contributed by atoms with van der Waals surface area (Å²) < 4.78 is 22.6. The van der Waals surface area contributed by atoms with E-state index in [1.54, 1.807) is 18.2 Å². The van der Waals surface area contributed by atoms with Gasteiger partial charge in [-0.15, -0.1) is 15.3 Å². The van der Waals surface area contributed by atoms with E-state index >= 15 is 0 Å². The van der Waals surface area contributed by atoms with E-state index in [9.17, 15) is 9.18 Å². The number of aromatic nitrogens is 5. The molecule has 1 aliphatic rings. The summed E-state index contributed by atoms with van der Waals surface area (Å²) in [5.41, 5.74) is 1.03. The summed E-state index contributed by atoms with van der Waals surface area (Å²) in [6.45, 7) is 9.51. The van der Waals surface area contributed by atoms with Crippen molar-refractivity contribution in [2.24, 2.45) is 0 Å². The second-order valence-corrected chi connectivity index (χ2v) is 10.0. The maximum Gasteiger partial charge on any atom is 0.240 e. The van der Waals surface area contributed by atoms with Crippen molar-refractivity contribution in [2.75, 3.05) is 51.2 Å². The summed E-state index contributed by atoms with van der Waals surface area (Å²) in [4.78, 5) is 21.8. The van der Waals surface area contributed by atoms with Gasteiger partial charge >= 0.3 is 0 Å². The van der Waals surface area contributed by atoms with E-state index in [2.05, 4.69) is 42.3 Å². The van der Waals surface area contributed by atoms with Gasteiger partial charge in [0.1, 0.15) is 5.82 Å². The number of rotatable bonds is 8. The molecule has 0 aliphatic carbocycles. The average Bonchev–Trinajstić information content (AvgIpc) is 3.42. The Labute approximate surface area is 209 Å². The number of benzene rings is 1. The SMILES string of the molecule is CCOc1ccc2nnc(Sc3cc4sc(NC(=O)CN5CCN(CC)CC5)nc4cc3F)n2n1. The summed E-state index contributed by atoms with van der Waals surface area (Å²) in [5, 5.41) is 16.3. The molecule has 5 rings (SSSR count). The Bertz CT molecular complexity index is 1350. The van der Waals surface area contributed by atoms with E-state index in [4.69, 9.17) is 4.74 Å². The number of ether oxygens (including phenoxy) is 1. The number of thiazole rings is 1. The van der Waals surface area contributed by atoms with Crippen molar-refractivity contribution < 1.29 is 13.9 Å². The first-order chi connectivity index (χ1) is 17.0. The smallest absolute Gasteiger partial charge is 0.240 e. The number of amides is 1. The zero-order chi connectivity index (χ0) is 24.4. The Balaban J connectivity index is 1.29. The van der Waals surface area contributed by atoms with Crippen LogP contribution in [0.2, 0.25) is 0 Å². The van der Waals surface area contributed by atoms with Crippen molar-refractivity contribution in [3.63, 3.8) is 0 Å². The number of likely N-dealkylation sites (N-methyl/N-ethyl adjacent to an activating group) is 1. The molecule has 1 saturated heterocycles. The van der Waals surface area contributed by atoms with Crippen molar-refractivity contribution in [3.8, 4) is 5.88 Å². The van der Waals surface area contributed by atoms with Gasteiger partial charge in [0.05, 0.1) is 28.3 Å². The van der Waals surface area contributed by atoms with E-state index in [1.165, 1.54) is 21.9 Å². The van der Waals surface area contributed by atoms with E-state index in [0.717, 1.165) is 49.2 Å². The van der Waals surface area contributed by atoms with E-state index in [0.29, 0.717) is 45.4 Å². The fourth-order valence-corrected chi connectivity index (χ4v) is 5.64. The molecule has 3 aromatic heterocycles. The summed E-state index contributed by atoms with van der Waals surface area (Å²) in [5.74, 6) is -0.111. The van der Waals surface area contributed by atoms with Gasteiger partial charge in [-0.3, -0.25) is 9.69 Å². The zero-order valence-electron chi connectivity index (χ0n) is 19.4. The number of halogens is 1. The van der Waals surface area contributed by atoms with Crippen molar-refractivity contribution >= 4 is 50.0 Å². The van der Waals surface area contributed by atoms with Crippen molar-refractivity contribution in [2.45, 2.75) is 23.9 Å². The third-order valence-electron chi connectivity index (χ3n) is 5.67. The van der Waals surface area contributed by atoms with Gasteiger partial charge in [0.25, 0.3) is 0 Å². The van der Waals surface area contributed by atoms with Crippen LogP contribution in [0.25, 0.3) is 15.9 Å². The molecular formula is C22H25FN8O2S2. The van der Waals surface area contributed by atoms with Gasteiger partial charge in [0, 0.05) is 38.3 Å². The van der Waals surface area contributed by atoms with Crippen LogP contribution in [0.1, 0.15) is 13.8 Å². The molecule has 4 aromatic rings. The number of anilines is 1. The number of nitrogens with one attached hydrogen (secondary N) is 1. The predicted octanol–water partition coefficient (Wildman–Crippen LogP) is 3.00. The fourth-order valence-electron chi connectivity index (χ4n) is 3.83. The summed E-state index contributed by atoms with van der Waals surface area (Å²) in [7, 11) is 0. The Morgan fingerprint density at radius 1 is 1.17 bits per heavy atom. The minimum absolute atomic E-state index is 0.116. The van der Waals surface area contributed by atoms with E-state index in [1.807, 2.05) is 6.92 Å². The molecule has 0 bridgehead atoms. The lowest BCUT2D eigenvalue weighted by atomic mass is 10.3. The van der Waals surface area contributed by atoms with Crippen molar-refractivity contribution in [1.29, 1.82) is 0 Å². The molecule has 0 unspecified atom stereocenters. The highest BCUT2D eigenvalue weighted by molar-refractivity contribution is 7.99. The highest BCUT2D eigenvalue weighted by Crippen LogP contribution is 2.35. The van der Waals surface area contributed by atoms with Crippen LogP contribution in [-0.4, -0.2) is 86.4 Å². The number of fused-ring (bicyclic) bond motifs is 2. The molecule has 1 aliphatic heterocycles. The van der Waals surface area contributed by atoms with Gasteiger partial charge in [-0.1, -0.05) is 18.3 Å². The maximum atomic E-state index is 14.9. The van der Waals surface area contributed by atoms with Crippen LogP contribution in [0.3, 0.4) is 0 Å². The van der Waals surface area contributed by atoms with Crippen LogP contribution in [-0.2, 0) is 4.79 Å². The fraction of sp³-hybridized carbons (Fsp3) is 0.409. The molecule has 1 fully saturated rings. The van der Waals surface area contributed by atoms with Gasteiger partial charge in [0.15, 0.2) is 10.8 Å². The molecule has 1 aromatic carbocycles. The van der Waals surface area contributed by atoms with Gasteiger partial charge in [0.2, 0.25) is 16.9 Å². The van der Waals surface area contributed by atoms with Crippen LogP contribution in [0.4, 0.5) is 9.52 Å². The first-order valence-corrected chi connectivity index (χ1v) is 13.0. The zero-order valence-corrected chi connectivity index (χ0v) is 21.0. The Hall–Kier alpha value is -2.87. The second kappa shape index (κ2) is 10.4. The normalized spacial score (nSPS) is 15.2. The monoisotopic (exact) mass is 516 g/mol. The summed E-state index contributed by atoms with van der Waals surface area (Å²) in [6, 6.07) is 6.54. The molecule has 0 radical (unpaired) electrons. The largest absolute Gasteiger partial charge is 0.477 e. The molecular weight excluding hydrogens is 491 g/mol. The molecule has 10 nitrogen and oxygen atoms in total. The standard InChI is InChI=1S/C22H25FN8O2S2/c1-3-29-7-9-30(10-8-29)13-19(32)25-21-24-15-11-14(23)16(12-17(15)34-21)35-22-27-26-18-5-6-20(33-4-2)28-31(18)22/h5-6,11-12H,3-4,7-10,13H2,1-2H3,(H,24,25,32). The van der Waals surface area contributed by atoms with Crippen LogP contribution in [0.15, 0.2) is 34.3 Å². The first-order valence-electron chi connectivity index (χ1n) is 11.4. The van der Waals surface area contributed by atoms with Gasteiger partial charge in [-0.05, 0) is 37.4 Å². The Morgan fingerprint density at radius 2 is 1.97 bits per heavy atom. The van der Waals surface area contributed by atoms with Crippen LogP contribution in [0.5, 0.6) is 5.88 Å². The number of piperazine rings is 1. The average molecular weight is 517 g/mol. The van der Waals surface area contributed by atoms with Gasteiger partial charge < -0.3 is 15.0 Å².